The van der Waals surface area contributed by atoms with E-state index in [1.54, 1.807) is 19.2 Å². The van der Waals surface area contributed by atoms with Gasteiger partial charge in [-0.1, -0.05) is 18.2 Å². The van der Waals surface area contributed by atoms with Crippen molar-refractivity contribution in [1.29, 1.82) is 0 Å². The fourth-order valence-electron chi connectivity index (χ4n) is 2.94. The van der Waals surface area contributed by atoms with Crippen LogP contribution in [0, 0.1) is 0 Å². The molecule has 0 spiro atoms. The minimum atomic E-state index is -0.354. The lowest BCUT2D eigenvalue weighted by Gasteiger charge is -2.05. The Morgan fingerprint density at radius 3 is 2.71 bits per heavy atom. The van der Waals surface area contributed by atoms with E-state index in [0.29, 0.717) is 17.9 Å². The van der Waals surface area contributed by atoms with Crippen LogP contribution in [0.4, 0.5) is 0 Å². The molecule has 2 aromatic heterocycles. The number of rotatable bonds is 3. The van der Waals surface area contributed by atoms with E-state index in [0.717, 1.165) is 16.3 Å². The maximum atomic E-state index is 11.9. The Kier molecular flexibility index (Phi) is 3.50. The van der Waals surface area contributed by atoms with Crippen LogP contribution in [0.2, 0.25) is 0 Å². The molecule has 0 saturated carbocycles. The molecule has 0 bridgehead atoms. The van der Waals surface area contributed by atoms with Crippen LogP contribution < -0.4 is 14.9 Å². The molecule has 0 unspecified atom stereocenters. The Bertz CT molecular complexity index is 1100. The summed E-state index contributed by atoms with van der Waals surface area (Å²) in [4.78, 5) is 11.9. The van der Waals surface area contributed by atoms with Crippen LogP contribution in [0.5, 0.6) is 5.75 Å². The molecule has 24 heavy (non-hydrogen) atoms. The summed E-state index contributed by atoms with van der Waals surface area (Å²) < 4.78 is 12.6. The summed E-state index contributed by atoms with van der Waals surface area (Å²) in [7, 11) is 1.59. The summed E-state index contributed by atoms with van der Waals surface area (Å²) >= 11 is 0. The van der Waals surface area contributed by atoms with E-state index < -0.39 is 0 Å². The summed E-state index contributed by atoms with van der Waals surface area (Å²) in [5.41, 5.74) is 1.11. The smallest absolute Gasteiger partial charge is 0.336 e. The highest BCUT2D eigenvalue weighted by Gasteiger charge is 2.11. The first-order valence-electron chi connectivity index (χ1n) is 7.71. The minimum absolute atomic E-state index is 0.354. The van der Waals surface area contributed by atoms with Crippen molar-refractivity contribution < 1.29 is 13.7 Å². The van der Waals surface area contributed by atoms with E-state index >= 15 is 0 Å². The first-order chi connectivity index (χ1) is 11.7. The van der Waals surface area contributed by atoms with Gasteiger partial charge in [0.05, 0.1) is 7.11 Å². The summed E-state index contributed by atoms with van der Waals surface area (Å²) in [5.74, 6) is 0.668. The van der Waals surface area contributed by atoms with Gasteiger partial charge < -0.3 is 9.15 Å². The number of hydrogen-bond acceptors (Lipinski definition) is 3. The topological polar surface area (TPSA) is 43.3 Å². The van der Waals surface area contributed by atoms with Crippen molar-refractivity contribution in [2.24, 2.45) is 0 Å². The molecule has 4 nitrogen and oxygen atoms in total. The van der Waals surface area contributed by atoms with Crippen molar-refractivity contribution in [1.82, 2.24) is 0 Å². The van der Waals surface area contributed by atoms with E-state index in [1.165, 1.54) is 5.39 Å². The van der Waals surface area contributed by atoms with Crippen molar-refractivity contribution in [3.63, 3.8) is 0 Å². The van der Waals surface area contributed by atoms with Crippen molar-refractivity contribution in [3.8, 4) is 5.75 Å². The molecule has 0 aliphatic heterocycles. The zero-order valence-corrected chi connectivity index (χ0v) is 13.2. The molecule has 4 aromatic rings. The van der Waals surface area contributed by atoms with E-state index in [4.69, 9.17) is 9.15 Å². The second-order valence-corrected chi connectivity index (χ2v) is 5.70. The molecule has 0 aliphatic carbocycles. The fourth-order valence-corrected chi connectivity index (χ4v) is 2.94. The molecule has 4 rings (SSSR count). The van der Waals surface area contributed by atoms with Gasteiger partial charge in [0.1, 0.15) is 11.3 Å². The summed E-state index contributed by atoms with van der Waals surface area (Å²) in [6.45, 7) is 0.596. The summed E-state index contributed by atoms with van der Waals surface area (Å²) in [5, 5.41) is 3.26. The second kappa shape index (κ2) is 5.81. The number of ether oxygens (including phenoxy) is 1. The lowest BCUT2D eigenvalue weighted by atomic mass is 10.1. The molecule has 0 atom stereocenters. The van der Waals surface area contributed by atoms with Gasteiger partial charge >= 0.3 is 5.63 Å². The highest BCUT2D eigenvalue weighted by molar-refractivity contribution is 5.82. The van der Waals surface area contributed by atoms with Gasteiger partial charge in [0.2, 0.25) is 0 Å². The van der Waals surface area contributed by atoms with Crippen LogP contribution in [0.1, 0.15) is 5.56 Å². The van der Waals surface area contributed by atoms with Gasteiger partial charge in [-0.25, -0.2) is 9.36 Å². The number of benzene rings is 2. The number of nitrogens with zero attached hydrogens (tertiary/aromatic N) is 1. The monoisotopic (exact) mass is 318 g/mol. The number of aromatic nitrogens is 1. The Labute approximate surface area is 138 Å². The fraction of sp³-hybridized carbons (Fsp3) is 0.100. The number of pyridine rings is 1. The molecular weight excluding hydrogens is 302 g/mol. The standard InChI is InChI=1S/C20H16NO3/c1-23-17-6-7-18-16(10-20(22)24-19(18)11-17)13-21-9-8-14-4-2-3-5-15(14)12-21/h2-12H,13H2,1H3/q+1. The number of fused-ring (bicyclic) bond motifs is 2. The number of methoxy groups -OCH3 is 1. The SMILES string of the molecule is COc1ccc2c(C[n+]3ccc4ccccc4c3)cc(=O)oc2c1. The lowest BCUT2D eigenvalue weighted by Crippen LogP contribution is -2.33. The van der Waals surface area contributed by atoms with Crippen molar-refractivity contribution in [2.45, 2.75) is 6.54 Å². The normalized spacial score (nSPS) is 11.0. The zero-order chi connectivity index (χ0) is 16.5. The third-order valence-electron chi connectivity index (χ3n) is 4.14. The highest BCUT2D eigenvalue weighted by atomic mass is 16.5. The molecule has 0 fully saturated rings. The van der Waals surface area contributed by atoms with E-state index in [1.807, 2.05) is 30.5 Å². The third-order valence-corrected chi connectivity index (χ3v) is 4.14. The van der Waals surface area contributed by atoms with Crippen LogP contribution in [-0.4, -0.2) is 7.11 Å². The van der Waals surface area contributed by atoms with Crippen LogP contribution in [0.25, 0.3) is 21.7 Å². The molecule has 0 saturated heterocycles. The van der Waals surface area contributed by atoms with Crippen LogP contribution in [-0.2, 0) is 6.54 Å². The van der Waals surface area contributed by atoms with Crippen molar-refractivity contribution in [2.75, 3.05) is 7.11 Å². The predicted molar refractivity (Wildman–Crippen MR) is 92.3 cm³/mol. The molecule has 2 aromatic carbocycles. The van der Waals surface area contributed by atoms with Gasteiger partial charge in [-0.15, -0.1) is 0 Å². The van der Waals surface area contributed by atoms with E-state index in [-0.39, 0.29) is 5.63 Å². The second-order valence-electron chi connectivity index (χ2n) is 5.70. The third kappa shape index (κ3) is 2.63. The van der Waals surface area contributed by atoms with Crippen LogP contribution in [0.15, 0.2) is 76.2 Å². The van der Waals surface area contributed by atoms with Crippen LogP contribution >= 0.6 is 0 Å². The number of hydrogen-bond donors (Lipinski definition) is 0. The Morgan fingerprint density at radius 1 is 1.04 bits per heavy atom. The predicted octanol–water partition coefficient (Wildman–Crippen LogP) is 3.29. The molecule has 0 N–H and O–H groups in total. The molecule has 4 heteroatoms. The van der Waals surface area contributed by atoms with Gasteiger partial charge in [0.15, 0.2) is 18.9 Å². The largest absolute Gasteiger partial charge is 0.497 e. The quantitative estimate of drug-likeness (QED) is 0.430. The molecule has 0 aliphatic rings. The minimum Gasteiger partial charge on any atom is -0.497 e. The van der Waals surface area contributed by atoms with Gasteiger partial charge in [-0.3, -0.25) is 0 Å². The lowest BCUT2D eigenvalue weighted by molar-refractivity contribution is -0.686. The first kappa shape index (κ1) is 14.5. The Morgan fingerprint density at radius 2 is 1.88 bits per heavy atom. The van der Waals surface area contributed by atoms with Gasteiger partial charge in [0.25, 0.3) is 0 Å². The van der Waals surface area contributed by atoms with Crippen LogP contribution in [0.3, 0.4) is 0 Å². The van der Waals surface area contributed by atoms with Gasteiger partial charge in [-0.05, 0) is 23.6 Å². The van der Waals surface area contributed by atoms with E-state index in [9.17, 15) is 4.79 Å². The van der Waals surface area contributed by atoms with Gasteiger partial charge in [0, 0.05) is 34.5 Å². The summed E-state index contributed by atoms with van der Waals surface area (Å²) in [6, 6.07) is 17.4. The highest BCUT2D eigenvalue weighted by Crippen LogP contribution is 2.22. The maximum absolute atomic E-state index is 11.9. The zero-order valence-electron chi connectivity index (χ0n) is 13.2. The molecular formula is C20H16NO3+. The van der Waals surface area contributed by atoms with Crippen molar-refractivity contribution >= 4 is 21.7 Å². The molecule has 118 valence electrons. The molecule has 0 radical (unpaired) electrons. The molecule has 0 amide bonds. The Hall–Kier alpha value is -3.14. The maximum Gasteiger partial charge on any atom is 0.336 e. The average Bonchev–Trinajstić information content (AvgIpc) is 2.61. The first-order valence-corrected chi connectivity index (χ1v) is 7.71. The van der Waals surface area contributed by atoms with Crippen molar-refractivity contribution in [3.05, 3.63) is 83.0 Å². The summed E-state index contributed by atoms with van der Waals surface area (Å²) in [6.07, 6.45) is 4.10. The van der Waals surface area contributed by atoms with Gasteiger partial charge in [-0.2, -0.15) is 0 Å². The Balaban J connectivity index is 1.81. The average molecular weight is 318 g/mol. The molecule has 2 heterocycles. The van der Waals surface area contributed by atoms with E-state index in [2.05, 4.69) is 29.0 Å².